The van der Waals surface area contributed by atoms with Gasteiger partial charge in [-0.2, -0.15) is 0 Å². The van der Waals surface area contributed by atoms with E-state index >= 15 is 0 Å². The van der Waals surface area contributed by atoms with Crippen molar-refractivity contribution < 1.29 is 14.5 Å². The zero-order valence-electron chi connectivity index (χ0n) is 17.1. The second-order valence-corrected chi connectivity index (χ2v) is 7.14. The van der Waals surface area contributed by atoms with E-state index in [9.17, 15) is 19.7 Å². The van der Waals surface area contributed by atoms with Crippen molar-refractivity contribution in [2.75, 3.05) is 11.9 Å². The fourth-order valence-corrected chi connectivity index (χ4v) is 3.34. The number of amides is 2. The second kappa shape index (κ2) is 8.68. The van der Waals surface area contributed by atoms with E-state index in [1.165, 1.54) is 18.2 Å². The molecule has 2 amide bonds. The van der Waals surface area contributed by atoms with Crippen LogP contribution in [0.1, 0.15) is 15.9 Å². The number of hydrogen-bond donors (Lipinski definition) is 2. The molecule has 4 rings (SSSR count). The van der Waals surface area contributed by atoms with Crippen LogP contribution in [0.4, 0.5) is 11.4 Å². The number of rotatable bonds is 6. The minimum absolute atomic E-state index is 0.0635. The number of carbonyl (C=O) groups is 2. The van der Waals surface area contributed by atoms with Gasteiger partial charge in [0, 0.05) is 28.6 Å². The van der Waals surface area contributed by atoms with Gasteiger partial charge in [0.2, 0.25) is 5.91 Å². The molecule has 2 N–H and O–H groups in total. The van der Waals surface area contributed by atoms with E-state index in [1.54, 1.807) is 25.4 Å². The van der Waals surface area contributed by atoms with Crippen LogP contribution in [-0.2, 0) is 4.79 Å². The van der Waals surface area contributed by atoms with Crippen molar-refractivity contribution in [2.24, 2.45) is 0 Å². The molecule has 3 aromatic carbocycles. The van der Waals surface area contributed by atoms with Crippen molar-refractivity contribution >= 4 is 34.2 Å². The van der Waals surface area contributed by atoms with Crippen molar-refractivity contribution in [2.45, 2.75) is 6.92 Å². The Morgan fingerprint density at radius 2 is 1.81 bits per heavy atom. The van der Waals surface area contributed by atoms with Gasteiger partial charge >= 0.3 is 0 Å². The first kappa shape index (κ1) is 20.7. The summed E-state index contributed by atoms with van der Waals surface area (Å²) in [6, 6.07) is 19.1. The topological polar surface area (TPSA) is 119 Å². The number of aryl methyl sites for hydroxylation is 1. The number of benzene rings is 3. The summed E-state index contributed by atoms with van der Waals surface area (Å²) in [5, 5.41) is 16.1. The zero-order chi connectivity index (χ0) is 22.7. The van der Waals surface area contributed by atoms with Crippen LogP contribution in [-0.4, -0.2) is 32.8 Å². The molecule has 32 heavy (non-hydrogen) atoms. The normalized spacial score (nSPS) is 10.7. The summed E-state index contributed by atoms with van der Waals surface area (Å²) < 4.78 is 1.95. The van der Waals surface area contributed by atoms with E-state index in [1.807, 2.05) is 41.0 Å². The first-order valence-electron chi connectivity index (χ1n) is 9.78. The largest absolute Gasteiger partial charge is 0.343 e. The third kappa shape index (κ3) is 4.31. The van der Waals surface area contributed by atoms with Crippen LogP contribution >= 0.6 is 0 Å². The monoisotopic (exact) mass is 429 g/mol. The number of imidazole rings is 1. The molecule has 0 aliphatic rings. The number of para-hydroxylation sites is 2. The summed E-state index contributed by atoms with van der Waals surface area (Å²) in [7, 11) is 0. The lowest BCUT2D eigenvalue weighted by Crippen LogP contribution is -2.32. The fourth-order valence-electron chi connectivity index (χ4n) is 3.34. The Hall–Kier alpha value is -4.53. The summed E-state index contributed by atoms with van der Waals surface area (Å²) in [5.41, 5.74) is 3.92. The first-order valence-corrected chi connectivity index (χ1v) is 9.78. The maximum atomic E-state index is 12.2. The van der Waals surface area contributed by atoms with Gasteiger partial charge in [0.1, 0.15) is 6.33 Å². The lowest BCUT2D eigenvalue weighted by atomic mass is 10.1. The number of nitro benzene ring substituents is 1. The molecule has 0 unspecified atom stereocenters. The van der Waals surface area contributed by atoms with Gasteiger partial charge in [0.05, 0.1) is 22.5 Å². The van der Waals surface area contributed by atoms with E-state index in [0.29, 0.717) is 11.3 Å². The molecule has 0 saturated heterocycles. The zero-order valence-corrected chi connectivity index (χ0v) is 17.1. The highest BCUT2D eigenvalue weighted by Gasteiger charge is 2.14. The van der Waals surface area contributed by atoms with Gasteiger partial charge in [0.25, 0.3) is 11.6 Å². The molecule has 0 saturated carbocycles. The number of anilines is 1. The predicted molar refractivity (Wildman–Crippen MR) is 120 cm³/mol. The Morgan fingerprint density at radius 1 is 1.06 bits per heavy atom. The average molecular weight is 429 g/mol. The quantitative estimate of drug-likeness (QED) is 0.358. The molecule has 0 aliphatic carbocycles. The number of nitro groups is 1. The maximum Gasteiger partial charge on any atom is 0.272 e. The van der Waals surface area contributed by atoms with E-state index < -0.39 is 16.7 Å². The van der Waals surface area contributed by atoms with Crippen LogP contribution in [0.5, 0.6) is 0 Å². The number of nitrogens with zero attached hydrogens (tertiary/aromatic N) is 3. The molecule has 9 nitrogen and oxygen atoms in total. The molecule has 0 bridgehead atoms. The molecule has 1 aromatic heterocycles. The van der Waals surface area contributed by atoms with Gasteiger partial charge < -0.3 is 10.6 Å². The minimum atomic E-state index is -0.509. The van der Waals surface area contributed by atoms with Gasteiger partial charge in [-0.3, -0.25) is 24.3 Å². The lowest BCUT2D eigenvalue weighted by molar-refractivity contribution is -0.385. The predicted octanol–water partition coefficient (Wildman–Crippen LogP) is 3.61. The van der Waals surface area contributed by atoms with Crippen LogP contribution in [0.2, 0.25) is 0 Å². The number of carbonyl (C=O) groups excluding carboxylic acids is 2. The Morgan fingerprint density at radius 3 is 2.53 bits per heavy atom. The summed E-state index contributed by atoms with van der Waals surface area (Å²) in [4.78, 5) is 39.2. The number of hydrogen-bond acceptors (Lipinski definition) is 5. The summed E-state index contributed by atoms with van der Waals surface area (Å²) in [6.45, 7) is 1.32. The highest BCUT2D eigenvalue weighted by Crippen LogP contribution is 2.20. The summed E-state index contributed by atoms with van der Waals surface area (Å²) >= 11 is 0. The van der Waals surface area contributed by atoms with Crippen molar-refractivity contribution in [3.8, 4) is 5.69 Å². The third-order valence-corrected chi connectivity index (χ3v) is 4.95. The standard InChI is InChI=1S/C23H19N5O4/c1-15-12-16(6-11-20(15)28(31)32)23(30)24-13-22(29)26-17-7-9-18(10-8-17)27-14-25-19-4-2-3-5-21(19)27/h2-12,14H,13H2,1H3,(H,24,30)(H,26,29). The molecule has 0 fully saturated rings. The van der Waals surface area contributed by atoms with Crippen LogP contribution in [0, 0.1) is 17.0 Å². The first-order chi connectivity index (χ1) is 15.4. The van der Waals surface area contributed by atoms with Gasteiger partial charge in [-0.15, -0.1) is 0 Å². The number of aromatic nitrogens is 2. The molecule has 0 spiro atoms. The Bertz CT molecular complexity index is 1330. The molecule has 0 radical (unpaired) electrons. The molecule has 1 heterocycles. The highest BCUT2D eigenvalue weighted by molar-refractivity contribution is 5.99. The third-order valence-electron chi connectivity index (χ3n) is 4.95. The van der Waals surface area contributed by atoms with E-state index in [4.69, 9.17) is 0 Å². The van der Waals surface area contributed by atoms with Crippen molar-refractivity contribution in [1.82, 2.24) is 14.9 Å². The molecule has 0 aliphatic heterocycles. The minimum Gasteiger partial charge on any atom is -0.343 e. The lowest BCUT2D eigenvalue weighted by Gasteiger charge is -2.09. The highest BCUT2D eigenvalue weighted by atomic mass is 16.6. The Balaban J connectivity index is 1.36. The maximum absolute atomic E-state index is 12.2. The van der Waals surface area contributed by atoms with Crippen LogP contribution < -0.4 is 10.6 Å². The van der Waals surface area contributed by atoms with Crippen LogP contribution in [0.15, 0.2) is 73.1 Å². The van der Waals surface area contributed by atoms with Crippen molar-refractivity contribution in [1.29, 1.82) is 0 Å². The van der Waals surface area contributed by atoms with Gasteiger partial charge in [-0.1, -0.05) is 12.1 Å². The average Bonchev–Trinajstić information content (AvgIpc) is 3.22. The summed E-state index contributed by atoms with van der Waals surface area (Å²) in [6.07, 6.45) is 1.74. The molecular weight excluding hydrogens is 410 g/mol. The molecule has 9 heteroatoms. The van der Waals surface area contributed by atoms with E-state index in [0.717, 1.165) is 16.7 Å². The molecule has 160 valence electrons. The van der Waals surface area contributed by atoms with Gasteiger partial charge in [-0.25, -0.2) is 4.98 Å². The van der Waals surface area contributed by atoms with Crippen molar-refractivity contribution in [3.05, 3.63) is 94.3 Å². The smallest absolute Gasteiger partial charge is 0.272 e. The van der Waals surface area contributed by atoms with Gasteiger partial charge in [0.15, 0.2) is 0 Å². The fraction of sp³-hybridized carbons (Fsp3) is 0.0870. The number of nitrogens with one attached hydrogen (secondary N) is 2. The molecular formula is C23H19N5O4. The van der Waals surface area contributed by atoms with Crippen LogP contribution in [0.3, 0.4) is 0 Å². The SMILES string of the molecule is Cc1cc(C(=O)NCC(=O)Nc2ccc(-n3cnc4ccccc43)cc2)ccc1[N+](=O)[O-]. The van der Waals surface area contributed by atoms with E-state index in [-0.39, 0.29) is 17.8 Å². The van der Waals surface area contributed by atoms with Crippen LogP contribution in [0.25, 0.3) is 16.7 Å². The Kier molecular flexibility index (Phi) is 5.63. The number of fused-ring (bicyclic) bond motifs is 1. The second-order valence-electron chi connectivity index (χ2n) is 7.14. The van der Waals surface area contributed by atoms with E-state index in [2.05, 4.69) is 15.6 Å². The molecule has 0 atom stereocenters. The Labute approximate surface area is 182 Å². The van der Waals surface area contributed by atoms with Crippen molar-refractivity contribution in [3.63, 3.8) is 0 Å². The summed E-state index contributed by atoms with van der Waals surface area (Å²) in [5.74, 6) is -0.877. The van der Waals surface area contributed by atoms with Gasteiger partial charge in [-0.05, 0) is 55.5 Å². The molecule has 4 aromatic rings.